The van der Waals surface area contributed by atoms with Gasteiger partial charge in [0, 0.05) is 18.6 Å². The van der Waals surface area contributed by atoms with Gasteiger partial charge in [0.1, 0.15) is 5.82 Å². The molecule has 0 bridgehead atoms. The van der Waals surface area contributed by atoms with E-state index in [2.05, 4.69) is 21.0 Å². The van der Waals surface area contributed by atoms with Crippen LogP contribution in [0.1, 0.15) is 0 Å². The summed E-state index contributed by atoms with van der Waals surface area (Å²) in [5.41, 5.74) is 0.785. The molecule has 1 aromatic carbocycles. The van der Waals surface area contributed by atoms with Crippen LogP contribution in [0.5, 0.6) is 0 Å². The first kappa shape index (κ1) is 10.6. The number of nitrogens with zero attached hydrogens (tertiary/aromatic N) is 2. The number of aromatic nitrogens is 2. The minimum atomic E-state index is -0.276. The summed E-state index contributed by atoms with van der Waals surface area (Å²) in [7, 11) is 1.63. The molecule has 0 aliphatic heterocycles. The zero-order valence-electron chi connectivity index (χ0n) is 8.20. The maximum absolute atomic E-state index is 13.3. The number of ether oxygens (including phenoxy) is 1. The maximum atomic E-state index is 13.3. The second-order valence-corrected chi connectivity index (χ2v) is 4.04. The van der Waals surface area contributed by atoms with E-state index in [1.807, 2.05) is 0 Å². The Labute approximate surface area is 95.0 Å². The highest BCUT2D eigenvalue weighted by Crippen LogP contribution is 2.22. The van der Waals surface area contributed by atoms with E-state index in [0.717, 1.165) is 10.9 Å². The fraction of sp³-hybridized carbons (Fsp3) is 0.300. The molecule has 0 saturated heterocycles. The lowest BCUT2D eigenvalue weighted by Crippen LogP contribution is -2.05. The fourth-order valence-electron chi connectivity index (χ4n) is 1.43. The summed E-state index contributed by atoms with van der Waals surface area (Å²) in [5.74, 6) is -0.276. The van der Waals surface area contributed by atoms with Crippen molar-refractivity contribution >= 4 is 26.8 Å². The van der Waals surface area contributed by atoms with Crippen LogP contribution in [0.3, 0.4) is 0 Å². The van der Waals surface area contributed by atoms with E-state index in [-0.39, 0.29) is 5.82 Å². The monoisotopic (exact) mass is 272 g/mol. The first-order valence-corrected chi connectivity index (χ1v) is 5.31. The van der Waals surface area contributed by atoms with Crippen molar-refractivity contribution in [3.63, 3.8) is 0 Å². The Kier molecular flexibility index (Phi) is 3.02. The highest BCUT2D eigenvalue weighted by Gasteiger charge is 2.06. The SMILES string of the molecule is COCCn1ncc2cc(Br)c(F)cc21. The summed E-state index contributed by atoms with van der Waals surface area (Å²) < 4.78 is 20.5. The molecule has 80 valence electrons. The van der Waals surface area contributed by atoms with E-state index in [4.69, 9.17) is 4.74 Å². The topological polar surface area (TPSA) is 27.1 Å². The molecule has 0 N–H and O–H groups in total. The number of fused-ring (bicyclic) bond motifs is 1. The maximum Gasteiger partial charge on any atom is 0.139 e. The van der Waals surface area contributed by atoms with Crippen LogP contribution in [0.4, 0.5) is 4.39 Å². The van der Waals surface area contributed by atoms with E-state index in [1.165, 1.54) is 6.07 Å². The van der Waals surface area contributed by atoms with Crippen molar-refractivity contribution in [1.29, 1.82) is 0 Å². The number of rotatable bonds is 3. The Hall–Kier alpha value is -0.940. The van der Waals surface area contributed by atoms with E-state index in [9.17, 15) is 4.39 Å². The van der Waals surface area contributed by atoms with Crippen LogP contribution >= 0.6 is 15.9 Å². The summed E-state index contributed by atoms with van der Waals surface area (Å²) >= 11 is 3.14. The number of benzene rings is 1. The zero-order valence-corrected chi connectivity index (χ0v) is 9.79. The molecule has 0 fully saturated rings. The second kappa shape index (κ2) is 4.28. The van der Waals surface area contributed by atoms with Gasteiger partial charge in [0.05, 0.1) is 29.3 Å². The molecule has 15 heavy (non-hydrogen) atoms. The molecule has 0 saturated carbocycles. The van der Waals surface area contributed by atoms with Crippen molar-refractivity contribution in [3.8, 4) is 0 Å². The Bertz CT molecular complexity index is 483. The lowest BCUT2D eigenvalue weighted by atomic mass is 10.2. The Morgan fingerprint density at radius 1 is 1.53 bits per heavy atom. The smallest absolute Gasteiger partial charge is 0.139 e. The molecule has 3 nitrogen and oxygen atoms in total. The molecule has 0 aliphatic rings. The van der Waals surface area contributed by atoms with Crippen molar-refractivity contribution in [2.45, 2.75) is 6.54 Å². The quantitative estimate of drug-likeness (QED) is 0.859. The summed E-state index contributed by atoms with van der Waals surface area (Å²) in [6.07, 6.45) is 1.72. The average Bonchev–Trinajstić information content (AvgIpc) is 2.59. The Morgan fingerprint density at radius 3 is 3.07 bits per heavy atom. The van der Waals surface area contributed by atoms with Gasteiger partial charge in [0.2, 0.25) is 0 Å². The second-order valence-electron chi connectivity index (χ2n) is 3.19. The fourth-order valence-corrected chi connectivity index (χ4v) is 1.79. The number of hydrogen-bond acceptors (Lipinski definition) is 2. The lowest BCUT2D eigenvalue weighted by molar-refractivity contribution is 0.185. The number of methoxy groups -OCH3 is 1. The molecule has 0 unspecified atom stereocenters. The van der Waals surface area contributed by atoms with Crippen LogP contribution in [0.2, 0.25) is 0 Å². The number of hydrogen-bond donors (Lipinski definition) is 0. The lowest BCUT2D eigenvalue weighted by Gasteiger charge is -2.02. The standard InChI is InChI=1S/C10H10BrFN2O/c1-15-3-2-14-10-5-9(12)8(11)4-7(10)6-13-14/h4-6H,2-3H2,1H3. The summed E-state index contributed by atoms with van der Waals surface area (Å²) in [6.45, 7) is 1.19. The van der Waals surface area contributed by atoms with Gasteiger partial charge in [0.25, 0.3) is 0 Å². The van der Waals surface area contributed by atoms with E-state index in [0.29, 0.717) is 17.6 Å². The third kappa shape index (κ3) is 2.03. The third-order valence-electron chi connectivity index (χ3n) is 2.19. The highest BCUT2D eigenvalue weighted by molar-refractivity contribution is 9.10. The van der Waals surface area contributed by atoms with Crippen molar-refractivity contribution in [1.82, 2.24) is 9.78 Å². The zero-order chi connectivity index (χ0) is 10.8. The molecule has 1 heterocycles. The predicted molar refractivity (Wildman–Crippen MR) is 59.3 cm³/mol. The molecule has 0 atom stereocenters. The minimum Gasteiger partial charge on any atom is -0.383 e. The van der Waals surface area contributed by atoms with Gasteiger partial charge >= 0.3 is 0 Å². The van der Waals surface area contributed by atoms with Crippen molar-refractivity contribution in [2.24, 2.45) is 0 Å². The predicted octanol–water partition coefficient (Wildman–Crippen LogP) is 2.58. The highest BCUT2D eigenvalue weighted by atomic mass is 79.9. The largest absolute Gasteiger partial charge is 0.383 e. The molecule has 0 aliphatic carbocycles. The van der Waals surface area contributed by atoms with Gasteiger partial charge in [-0.1, -0.05) is 0 Å². The molecule has 0 spiro atoms. The Morgan fingerprint density at radius 2 is 2.33 bits per heavy atom. The summed E-state index contributed by atoms with van der Waals surface area (Å²) in [5, 5.41) is 5.08. The van der Waals surface area contributed by atoms with Crippen LogP contribution in [0.15, 0.2) is 22.8 Å². The van der Waals surface area contributed by atoms with Crippen molar-refractivity contribution in [2.75, 3.05) is 13.7 Å². The molecule has 0 amide bonds. The van der Waals surface area contributed by atoms with Gasteiger partial charge in [-0.15, -0.1) is 0 Å². The third-order valence-corrected chi connectivity index (χ3v) is 2.80. The van der Waals surface area contributed by atoms with Gasteiger partial charge in [-0.3, -0.25) is 4.68 Å². The first-order chi connectivity index (χ1) is 7.22. The van der Waals surface area contributed by atoms with Crippen molar-refractivity contribution in [3.05, 3.63) is 28.6 Å². The van der Waals surface area contributed by atoms with Gasteiger partial charge in [-0.25, -0.2) is 4.39 Å². The van der Waals surface area contributed by atoms with Crippen LogP contribution in [-0.4, -0.2) is 23.5 Å². The summed E-state index contributed by atoms with van der Waals surface area (Å²) in [4.78, 5) is 0. The van der Waals surface area contributed by atoms with Crippen molar-refractivity contribution < 1.29 is 9.13 Å². The van der Waals surface area contributed by atoms with Crippen LogP contribution in [-0.2, 0) is 11.3 Å². The molecule has 0 radical (unpaired) electrons. The van der Waals surface area contributed by atoms with Gasteiger partial charge in [0.15, 0.2) is 0 Å². The first-order valence-electron chi connectivity index (χ1n) is 4.52. The van der Waals surface area contributed by atoms with Gasteiger partial charge < -0.3 is 4.74 Å². The van der Waals surface area contributed by atoms with E-state index < -0.39 is 0 Å². The van der Waals surface area contributed by atoms with Gasteiger partial charge in [-0.05, 0) is 22.0 Å². The van der Waals surface area contributed by atoms with Crippen LogP contribution in [0.25, 0.3) is 10.9 Å². The minimum absolute atomic E-state index is 0.276. The number of halogens is 2. The molecule has 2 rings (SSSR count). The summed E-state index contributed by atoms with van der Waals surface area (Å²) in [6, 6.07) is 3.20. The Balaban J connectivity index is 2.45. The van der Waals surface area contributed by atoms with Gasteiger partial charge in [-0.2, -0.15) is 5.10 Å². The molecular weight excluding hydrogens is 263 g/mol. The van der Waals surface area contributed by atoms with E-state index in [1.54, 1.807) is 24.1 Å². The molecular formula is C10H10BrFN2O. The molecule has 2 aromatic rings. The average molecular weight is 273 g/mol. The normalized spacial score (nSPS) is 11.1. The molecule has 5 heteroatoms. The van der Waals surface area contributed by atoms with Crippen LogP contribution in [0, 0.1) is 5.82 Å². The molecule has 1 aromatic heterocycles. The van der Waals surface area contributed by atoms with E-state index >= 15 is 0 Å². The van der Waals surface area contributed by atoms with Crippen LogP contribution < -0.4 is 0 Å².